The molecule has 0 bridgehead atoms. The molecule has 3 atom stereocenters. The number of aromatic nitrogens is 1. The SMILES string of the molecule is COc1ccccc1CNC(=O)[C@H](C)NC(=O)[C@H](CC(=O)N1CCC[C@@H]1c1ccccc1)NC(=O)c1cc(C)on1. The highest BCUT2D eigenvalue weighted by Gasteiger charge is 2.34. The van der Waals surface area contributed by atoms with E-state index in [1.807, 2.05) is 48.5 Å². The van der Waals surface area contributed by atoms with Gasteiger partial charge in [0.15, 0.2) is 5.69 Å². The number of carbonyl (C=O) groups is 4. The summed E-state index contributed by atoms with van der Waals surface area (Å²) < 4.78 is 10.3. The second kappa shape index (κ2) is 13.6. The van der Waals surface area contributed by atoms with Crippen molar-refractivity contribution in [3.05, 3.63) is 83.2 Å². The molecule has 1 aromatic heterocycles. The third-order valence-electron chi connectivity index (χ3n) is 7.02. The first kappa shape index (κ1) is 29.3. The zero-order valence-corrected chi connectivity index (χ0v) is 23.4. The van der Waals surface area contributed by atoms with Gasteiger partial charge in [-0.2, -0.15) is 0 Å². The van der Waals surface area contributed by atoms with Crippen molar-refractivity contribution in [2.24, 2.45) is 0 Å². The lowest BCUT2D eigenvalue weighted by atomic mass is 10.0. The number of methoxy groups -OCH3 is 1. The summed E-state index contributed by atoms with van der Waals surface area (Å²) in [7, 11) is 1.55. The quantitative estimate of drug-likeness (QED) is 0.327. The lowest BCUT2D eigenvalue weighted by Crippen LogP contribution is -2.54. The zero-order chi connectivity index (χ0) is 29.4. The minimum Gasteiger partial charge on any atom is -0.496 e. The van der Waals surface area contributed by atoms with Gasteiger partial charge in [-0.05, 0) is 38.3 Å². The lowest BCUT2D eigenvalue weighted by Gasteiger charge is -2.27. The average Bonchev–Trinajstić information content (AvgIpc) is 3.65. The van der Waals surface area contributed by atoms with E-state index in [9.17, 15) is 19.2 Å². The number of nitrogens with one attached hydrogen (secondary N) is 3. The van der Waals surface area contributed by atoms with Crippen LogP contribution in [0.4, 0.5) is 0 Å². The number of amides is 4. The van der Waals surface area contributed by atoms with Gasteiger partial charge in [0, 0.05) is 24.7 Å². The van der Waals surface area contributed by atoms with E-state index in [0.717, 1.165) is 24.0 Å². The van der Waals surface area contributed by atoms with Crippen LogP contribution in [0.2, 0.25) is 0 Å². The van der Waals surface area contributed by atoms with Gasteiger partial charge in [-0.15, -0.1) is 0 Å². The van der Waals surface area contributed by atoms with Crippen LogP contribution in [0.1, 0.15) is 59.6 Å². The Bertz CT molecular complexity index is 1370. The van der Waals surface area contributed by atoms with Gasteiger partial charge in [-0.1, -0.05) is 53.7 Å². The molecule has 0 radical (unpaired) electrons. The highest BCUT2D eigenvalue weighted by molar-refractivity contribution is 5.99. The van der Waals surface area contributed by atoms with Gasteiger partial charge in [0.1, 0.15) is 23.6 Å². The van der Waals surface area contributed by atoms with Crippen molar-refractivity contribution in [3.63, 3.8) is 0 Å². The smallest absolute Gasteiger partial charge is 0.274 e. The minimum atomic E-state index is -1.24. The molecule has 2 aromatic carbocycles. The number of para-hydroxylation sites is 1. The average molecular weight is 562 g/mol. The van der Waals surface area contributed by atoms with Crippen molar-refractivity contribution in [1.29, 1.82) is 0 Å². The van der Waals surface area contributed by atoms with E-state index in [2.05, 4.69) is 21.1 Å². The molecule has 0 unspecified atom stereocenters. The molecule has 4 amide bonds. The van der Waals surface area contributed by atoms with Crippen molar-refractivity contribution >= 4 is 23.6 Å². The van der Waals surface area contributed by atoms with E-state index < -0.39 is 29.8 Å². The fraction of sp³-hybridized carbons (Fsp3) is 0.367. The van der Waals surface area contributed by atoms with E-state index in [0.29, 0.717) is 18.1 Å². The van der Waals surface area contributed by atoms with Gasteiger partial charge in [0.2, 0.25) is 17.7 Å². The van der Waals surface area contributed by atoms with Gasteiger partial charge in [-0.3, -0.25) is 19.2 Å². The van der Waals surface area contributed by atoms with Crippen LogP contribution in [0.25, 0.3) is 0 Å². The van der Waals surface area contributed by atoms with E-state index in [1.165, 1.54) is 13.0 Å². The van der Waals surface area contributed by atoms with Gasteiger partial charge in [0.05, 0.1) is 19.6 Å². The number of ether oxygens (including phenoxy) is 1. The van der Waals surface area contributed by atoms with Gasteiger partial charge >= 0.3 is 0 Å². The van der Waals surface area contributed by atoms with Crippen LogP contribution in [0.3, 0.4) is 0 Å². The van der Waals surface area contributed by atoms with Crippen LogP contribution in [0, 0.1) is 6.92 Å². The number of aryl methyl sites for hydroxylation is 1. The molecule has 216 valence electrons. The molecule has 1 fully saturated rings. The highest BCUT2D eigenvalue weighted by Crippen LogP contribution is 2.32. The fourth-order valence-corrected chi connectivity index (χ4v) is 4.86. The Morgan fingerprint density at radius 3 is 2.49 bits per heavy atom. The van der Waals surface area contributed by atoms with Crippen molar-refractivity contribution in [2.45, 2.75) is 57.8 Å². The van der Waals surface area contributed by atoms with Gasteiger partial charge in [0.25, 0.3) is 5.91 Å². The number of rotatable bonds is 11. The maximum atomic E-state index is 13.5. The first-order valence-electron chi connectivity index (χ1n) is 13.6. The molecule has 2 heterocycles. The second-order valence-electron chi connectivity index (χ2n) is 9.97. The van der Waals surface area contributed by atoms with Crippen LogP contribution in [-0.2, 0) is 20.9 Å². The highest BCUT2D eigenvalue weighted by atomic mass is 16.5. The van der Waals surface area contributed by atoms with Crippen LogP contribution >= 0.6 is 0 Å². The van der Waals surface area contributed by atoms with Crippen molar-refractivity contribution in [3.8, 4) is 5.75 Å². The molecule has 1 aliphatic heterocycles. The molecule has 4 rings (SSSR count). The van der Waals surface area contributed by atoms with E-state index in [4.69, 9.17) is 9.26 Å². The molecule has 41 heavy (non-hydrogen) atoms. The summed E-state index contributed by atoms with van der Waals surface area (Å²) in [5.74, 6) is -0.982. The fourth-order valence-electron chi connectivity index (χ4n) is 4.86. The molecular weight excluding hydrogens is 526 g/mol. The summed E-state index contributed by atoms with van der Waals surface area (Å²) in [5.41, 5.74) is 1.78. The predicted octanol–water partition coefficient (Wildman–Crippen LogP) is 2.66. The molecule has 0 spiro atoms. The topological polar surface area (TPSA) is 143 Å². The lowest BCUT2D eigenvalue weighted by molar-refractivity contribution is -0.136. The summed E-state index contributed by atoms with van der Waals surface area (Å²) >= 11 is 0. The van der Waals surface area contributed by atoms with E-state index >= 15 is 0 Å². The molecule has 0 saturated carbocycles. The molecule has 1 aliphatic rings. The number of carbonyl (C=O) groups excluding carboxylic acids is 4. The summed E-state index contributed by atoms with van der Waals surface area (Å²) in [6, 6.07) is 16.1. The Balaban J connectivity index is 1.44. The Morgan fingerprint density at radius 1 is 1.05 bits per heavy atom. The van der Waals surface area contributed by atoms with E-state index in [1.54, 1.807) is 25.0 Å². The summed E-state index contributed by atoms with van der Waals surface area (Å²) in [4.78, 5) is 54.3. The zero-order valence-electron chi connectivity index (χ0n) is 23.4. The molecule has 11 nitrogen and oxygen atoms in total. The van der Waals surface area contributed by atoms with Gasteiger partial charge < -0.3 is 30.1 Å². The molecular formula is C30H35N5O6. The Kier molecular flexibility index (Phi) is 9.73. The third kappa shape index (κ3) is 7.50. The number of likely N-dealkylation sites (tertiary alicyclic amines) is 1. The van der Waals surface area contributed by atoms with Crippen LogP contribution in [0.15, 0.2) is 65.2 Å². The summed E-state index contributed by atoms with van der Waals surface area (Å²) in [6.45, 7) is 3.91. The number of hydrogen-bond donors (Lipinski definition) is 3. The van der Waals surface area contributed by atoms with Crippen molar-refractivity contribution in [2.75, 3.05) is 13.7 Å². The predicted molar refractivity (Wildman–Crippen MR) is 150 cm³/mol. The summed E-state index contributed by atoms with van der Waals surface area (Å²) in [5, 5.41) is 11.7. The summed E-state index contributed by atoms with van der Waals surface area (Å²) in [6.07, 6.45) is 1.35. The van der Waals surface area contributed by atoms with Crippen molar-refractivity contribution in [1.82, 2.24) is 26.0 Å². The second-order valence-corrected chi connectivity index (χ2v) is 9.97. The Labute approximate surface area is 238 Å². The van der Waals surface area contributed by atoms with Crippen molar-refractivity contribution < 1.29 is 28.4 Å². The number of nitrogens with zero attached hydrogens (tertiary/aromatic N) is 2. The molecule has 11 heteroatoms. The first-order valence-corrected chi connectivity index (χ1v) is 13.6. The van der Waals surface area contributed by atoms with Gasteiger partial charge in [-0.25, -0.2) is 0 Å². The monoisotopic (exact) mass is 561 g/mol. The standard InChI is InChI=1S/C30H35N5O6/c1-19-16-24(34-41-19)30(39)33-23(17-27(36)35-15-9-13-25(35)21-10-5-4-6-11-21)29(38)32-20(2)28(37)31-18-22-12-7-8-14-26(22)40-3/h4-8,10-12,14,16,20,23,25H,9,13,15,17-18H2,1-3H3,(H,31,37)(H,32,38)(H,33,39)/t20-,23-,25+/m0/s1. The third-order valence-corrected chi connectivity index (χ3v) is 7.02. The Hall–Kier alpha value is -4.67. The van der Waals surface area contributed by atoms with Crippen LogP contribution in [-0.4, -0.2) is 59.4 Å². The normalized spacial score (nSPS) is 16.0. The van der Waals surface area contributed by atoms with E-state index in [-0.39, 0.29) is 30.6 Å². The largest absolute Gasteiger partial charge is 0.496 e. The minimum absolute atomic E-state index is 0.0151. The maximum Gasteiger partial charge on any atom is 0.274 e. The number of hydrogen-bond acceptors (Lipinski definition) is 7. The molecule has 3 aromatic rings. The first-order chi connectivity index (χ1) is 19.8. The molecule has 1 saturated heterocycles. The molecule has 0 aliphatic carbocycles. The molecule has 3 N–H and O–H groups in total. The van der Waals surface area contributed by atoms with Crippen LogP contribution < -0.4 is 20.7 Å². The Morgan fingerprint density at radius 2 is 1.78 bits per heavy atom. The number of benzene rings is 2. The van der Waals surface area contributed by atoms with Crippen LogP contribution in [0.5, 0.6) is 5.75 Å². The maximum absolute atomic E-state index is 13.5.